The number of thiophene rings is 1. The lowest BCUT2D eigenvalue weighted by Gasteiger charge is -2.15. The Morgan fingerprint density at radius 3 is 2.93 bits per heavy atom. The Kier molecular flexibility index (Phi) is 7.43. The average Bonchev–Trinajstić information content (AvgIpc) is 3.38. The smallest absolute Gasteiger partial charge is 0.244 e. The second-order valence-corrected chi connectivity index (χ2v) is 9.17. The zero-order valence-corrected chi connectivity index (χ0v) is 17.5. The summed E-state index contributed by atoms with van der Waals surface area (Å²) in [5.74, 6) is 0.0104. The minimum Gasteiger partial charge on any atom is -0.489 e. The predicted octanol–water partition coefficient (Wildman–Crippen LogP) is 2.33. The van der Waals surface area contributed by atoms with Gasteiger partial charge in [0.2, 0.25) is 15.9 Å². The molecule has 0 radical (unpaired) electrons. The van der Waals surface area contributed by atoms with Crippen LogP contribution in [0.5, 0.6) is 5.75 Å². The number of ether oxygens (including phenoxy) is 2. The summed E-state index contributed by atoms with van der Waals surface area (Å²) >= 11 is 1.55. The van der Waals surface area contributed by atoms with Crippen molar-refractivity contribution in [3.63, 3.8) is 0 Å². The van der Waals surface area contributed by atoms with Crippen molar-refractivity contribution >= 4 is 33.3 Å². The summed E-state index contributed by atoms with van der Waals surface area (Å²) in [7, 11) is -3.94. The van der Waals surface area contributed by atoms with Crippen LogP contribution in [0, 0.1) is 0 Å². The highest BCUT2D eigenvalue weighted by molar-refractivity contribution is 7.89. The van der Waals surface area contributed by atoms with Crippen LogP contribution < -0.4 is 15.2 Å². The monoisotopic (exact) mass is 436 g/mol. The summed E-state index contributed by atoms with van der Waals surface area (Å²) in [5.41, 5.74) is 0.737. The molecule has 1 unspecified atom stereocenters. The Balaban J connectivity index is 1.57. The molecule has 2 heterocycles. The largest absolute Gasteiger partial charge is 0.489 e. The summed E-state index contributed by atoms with van der Waals surface area (Å²) in [6, 6.07) is 8.70. The van der Waals surface area contributed by atoms with Crippen LogP contribution in [0.3, 0.4) is 0 Å². The van der Waals surface area contributed by atoms with Crippen molar-refractivity contribution in [2.45, 2.75) is 30.3 Å². The molecule has 1 saturated heterocycles. The van der Waals surface area contributed by atoms with Crippen molar-refractivity contribution in [1.82, 2.24) is 5.32 Å². The topological polar surface area (TPSA) is 108 Å². The number of hydrogen-bond acceptors (Lipinski definition) is 6. The first-order valence-corrected chi connectivity index (χ1v) is 11.7. The van der Waals surface area contributed by atoms with E-state index in [1.807, 2.05) is 17.5 Å². The molecule has 0 spiro atoms. The van der Waals surface area contributed by atoms with E-state index in [-0.39, 0.29) is 29.3 Å². The van der Waals surface area contributed by atoms with Crippen LogP contribution >= 0.6 is 11.3 Å². The van der Waals surface area contributed by atoms with Gasteiger partial charge in [-0.05, 0) is 54.5 Å². The molecule has 1 aromatic carbocycles. The molecule has 0 saturated carbocycles. The minimum atomic E-state index is -3.94. The van der Waals surface area contributed by atoms with Gasteiger partial charge in [-0.25, -0.2) is 13.6 Å². The number of primary sulfonamides is 1. The fraction of sp³-hybridized carbons (Fsp3) is 0.350. The maximum atomic E-state index is 12.0. The molecule has 1 aliphatic heterocycles. The number of rotatable bonds is 9. The number of carbonyl (C=O) groups excluding carboxylic acids is 1. The molecular weight excluding hydrogens is 412 g/mol. The van der Waals surface area contributed by atoms with Gasteiger partial charge in [0.25, 0.3) is 0 Å². The molecule has 1 atom stereocenters. The van der Waals surface area contributed by atoms with Gasteiger partial charge >= 0.3 is 0 Å². The van der Waals surface area contributed by atoms with E-state index in [0.29, 0.717) is 19.6 Å². The second kappa shape index (κ2) is 10.0. The molecule has 9 heteroatoms. The van der Waals surface area contributed by atoms with Crippen molar-refractivity contribution < 1.29 is 22.7 Å². The quantitative estimate of drug-likeness (QED) is 0.587. The van der Waals surface area contributed by atoms with E-state index in [1.165, 1.54) is 12.1 Å². The predicted molar refractivity (Wildman–Crippen MR) is 112 cm³/mol. The van der Waals surface area contributed by atoms with Crippen LogP contribution in [0.15, 0.2) is 46.7 Å². The van der Waals surface area contributed by atoms with Gasteiger partial charge in [0, 0.05) is 24.1 Å². The second-order valence-electron chi connectivity index (χ2n) is 6.66. The number of benzene rings is 1. The molecule has 0 aliphatic carbocycles. The minimum absolute atomic E-state index is 0.0274. The van der Waals surface area contributed by atoms with Gasteiger partial charge in [0.1, 0.15) is 17.3 Å². The Morgan fingerprint density at radius 1 is 1.38 bits per heavy atom. The molecular formula is C20H24N2O5S2. The molecule has 1 aliphatic rings. The normalized spacial score (nSPS) is 16.9. The summed E-state index contributed by atoms with van der Waals surface area (Å²) in [6.07, 6.45) is 5.53. The average molecular weight is 437 g/mol. The van der Waals surface area contributed by atoms with Gasteiger partial charge in [0.15, 0.2) is 0 Å². The van der Waals surface area contributed by atoms with Crippen LogP contribution in [0.4, 0.5) is 0 Å². The molecule has 3 N–H and O–H groups in total. The molecule has 1 fully saturated rings. The zero-order valence-electron chi connectivity index (χ0n) is 15.9. The number of nitrogens with two attached hydrogens (primary N) is 1. The molecule has 2 aromatic rings. The van der Waals surface area contributed by atoms with Crippen LogP contribution in [0.1, 0.15) is 23.3 Å². The number of hydrogen-bond donors (Lipinski definition) is 2. The van der Waals surface area contributed by atoms with Gasteiger partial charge in [-0.3, -0.25) is 4.79 Å². The van der Waals surface area contributed by atoms with Crippen LogP contribution in [-0.4, -0.2) is 40.2 Å². The molecule has 156 valence electrons. The SMILES string of the molecule is NS(=O)(=O)c1cc(CCNC(=O)/C=C/c2cccs2)ccc1OCC1CCCO1. The van der Waals surface area contributed by atoms with Gasteiger partial charge in [-0.1, -0.05) is 12.1 Å². The third-order valence-corrected chi connectivity index (χ3v) is 6.19. The number of nitrogens with one attached hydrogen (secondary N) is 1. The number of carbonyl (C=O) groups is 1. The third kappa shape index (κ3) is 6.67. The highest BCUT2D eigenvalue weighted by Crippen LogP contribution is 2.25. The van der Waals surface area contributed by atoms with Gasteiger partial charge in [-0.15, -0.1) is 11.3 Å². The molecule has 1 amide bonds. The highest BCUT2D eigenvalue weighted by atomic mass is 32.2. The highest BCUT2D eigenvalue weighted by Gasteiger charge is 2.20. The van der Waals surface area contributed by atoms with E-state index in [9.17, 15) is 13.2 Å². The summed E-state index contributed by atoms with van der Waals surface area (Å²) < 4.78 is 35.1. The molecule has 29 heavy (non-hydrogen) atoms. The van der Waals surface area contributed by atoms with Gasteiger partial charge in [0.05, 0.1) is 6.10 Å². The maximum Gasteiger partial charge on any atom is 0.244 e. The zero-order chi connectivity index (χ0) is 20.7. The fourth-order valence-corrected chi connectivity index (χ4v) is 4.28. The van der Waals surface area contributed by atoms with Gasteiger partial charge in [-0.2, -0.15) is 0 Å². The maximum absolute atomic E-state index is 12.0. The Labute approximate surface area is 174 Å². The Bertz CT molecular complexity index is 949. The Hall–Kier alpha value is -2.20. The van der Waals surface area contributed by atoms with E-state index in [2.05, 4.69) is 5.32 Å². The molecule has 3 rings (SSSR count). The third-order valence-electron chi connectivity index (χ3n) is 4.42. The summed E-state index contributed by atoms with van der Waals surface area (Å²) in [5, 5.41) is 10.1. The van der Waals surface area contributed by atoms with Crippen molar-refractivity contribution in [3.8, 4) is 5.75 Å². The molecule has 7 nitrogen and oxygen atoms in total. The lowest BCUT2D eigenvalue weighted by molar-refractivity contribution is -0.116. The van der Waals surface area contributed by atoms with Crippen LogP contribution in [0.2, 0.25) is 0 Å². The lowest BCUT2D eigenvalue weighted by Crippen LogP contribution is -2.23. The Morgan fingerprint density at radius 2 is 2.24 bits per heavy atom. The van der Waals surface area contributed by atoms with Crippen molar-refractivity contribution in [1.29, 1.82) is 0 Å². The summed E-state index contributed by atoms with van der Waals surface area (Å²) in [4.78, 5) is 12.8. The number of amides is 1. The standard InChI is InChI=1S/C20H24N2O5S2/c21-29(24,25)19-13-15(5-7-18(19)27-14-16-3-1-11-26-16)9-10-22-20(23)8-6-17-4-2-12-28-17/h2,4-8,12-13,16H,1,3,9-11,14H2,(H,22,23)(H2,21,24,25)/b8-6+. The van der Waals surface area contributed by atoms with E-state index in [4.69, 9.17) is 14.6 Å². The van der Waals surface area contributed by atoms with Crippen molar-refractivity contribution in [3.05, 3.63) is 52.2 Å². The van der Waals surface area contributed by atoms with E-state index >= 15 is 0 Å². The van der Waals surface area contributed by atoms with Crippen molar-refractivity contribution in [2.24, 2.45) is 5.14 Å². The first-order valence-electron chi connectivity index (χ1n) is 9.31. The summed E-state index contributed by atoms with van der Waals surface area (Å²) in [6.45, 7) is 1.35. The first kappa shape index (κ1) is 21.5. The van der Waals surface area contributed by atoms with Crippen LogP contribution in [0.25, 0.3) is 6.08 Å². The van der Waals surface area contributed by atoms with E-state index < -0.39 is 10.0 Å². The first-order chi connectivity index (χ1) is 13.9. The fourth-order valence-electron chi connectivity index (χ4n) is 2.94. The lowest BCUT2D eigenvalue weighted by atomic mass is 10.1. The van der Waals surface area contributed by atoms with E-state index in [1.54, 1.807) is 29.5 Å². The molecule has 0 bridgehead atoms. The number of sulfonamides is 1. The molecule has 1 aromatic heterocycles. The van der Waals surface area contributed by atoms with E-state index in [0.717, 1.165) is 23.3 Å². The van der Waals surface area contributed by atoms with Crippen LogP contribution in [-0.2, 0) is 26.0 Å². The van der Waals surface area contributed by atoms with Crippen molar-refractivity contribution in [2.75, 3.05) is 19.8 Å². The van der Waals surface area contributed by atoms with Gasteiger partial charge < -0.3 is 14.8 Å².